The van der Waals surface area contributed by atoms with Gasteiger partial charge in [0.25, 0.3) is 0 Å². The van der Waals surface area contributed by atoms with E-state index in [4.69, 9.17) is 16.3 Å². The fraction of sp³-hybridized carbons (Fsp3) is 0.440. The first kappa shape index (κ1) is 24.7. The average molecular weight is 445 g/mol. The van der Waals surface area contributed by atoms with Crippen LogP contribution in [0.5, 0.6) is 5.75 Å². The van der Waals surface area contributed by atoms with Crippen LogP contribution in [0.25, 0.3) is 0 Å². The summed E-state index contributed by atoms with van der Waals surface area (Å²) in [6, 6.07) is 14.6. The molecule has 2 rings (SSSR count). The van der Waals surface area contributed by atoms with Gasteiger partial charge in [-0.2, -0.15) is 0 Å². The fourth-order valence-electron chi connectivity index (χ4n) is 3.01. The Balaban J connectivity index is 1.97. The Morgan fingerprint density at radius 1 is 1.03 bits per heavy atom. The number of hydrogen-bond acceptors (Lipinski definition) is 3. The molecule has 31 heavy (non-hydrogen) atoms. The molecule has 0 aliphatic carbocycles. The van der Waals surface area contributed by atoms with E-state index in [1.54, 1.807) is 24.0 Å². The predicted molar refractivity (Wildman–Crippen MR) is 125 cm³/mol. The molecule has 0 saturated carbocycles. The molecule has 2 aromatic rings. The second kappa shape index (κ2) is 12.4. The van der Waals surface area contributed by atoms with Crippen LogP contribution >= 0.6 is 11.6 Å². The summed E-state index contributed by atoms with van der Waals surface area (Å²) < 4.78 is 5.73. The van der Waals surface area contributed by atoms with Crippen molar-refractivity contribution in [1.29, 1.82) is 0 Å². The van der Waals surface area contributed by atoms with Crippen molar-refractivity contribution in [3.8, 4) is 5.75 Å². The second-order valence-electron chi connectivity index (χ2n) is 8.23. The maximum absolute atomic E-state index is 13.0. The van der Waals surface area contributed by atoms with Crippen molar-refractivity contribution in [3.63, 3.8) is 0 Å². The number of amides is 2. The number of aryl methyl sites for hydroxylation is 1. The van der Waals surface area contributed by atoms with Gasteiger partial charge in [-0.3, -0.25) is 9.59 Å². The summed E-state index contributed by atoms with van der Waals surface area (Å²) in [5.41, 5.74) is 2.10. The van der Waals surface area contributed by atoms with Gasteiger partial charge in [0.2, 0.25) is 11.8 Å². The Hall–Kier alpha value is -2.53. The number of ether oxygens (including phenoxy) is 1. The lowest BCUT2D eigenvalue weighted by Crippen LogP contribution is -2.48. The molecule has 6 heteroatoms. The molecular formula is C25H33ClN2O3. The number of nitrogens with zero attached hydrogens (tertiary/aromatic N) is 1. The van der Waals surface area contributed by atoms with Crippen LogP contribution in [-0.2, 0) is 16.1 Å². The monoisotopic (exact) mass is 444 g/mol. The van der Waals surface area contributed by atoms with Gasteiger partial charge in [0, 0.05) is 24.5 Å². The number of benzene rings is 2. The smallest absolute Gasteiger partial charge is 0.242 e. The van der Waals surface area contributed by atoms with Crippen LogP contribution < -0.4 is 10.1 Å². The Bertz CT molecular complexity index is 835. The molecule has 5 nitrogen and oxygen atoms in total. The van der Waals surface area contributed by atoms with E-state index in [1.807, 2.05) is 57.2 Å². The molecule has 0 heterocycles. The van der Waals surface area contributed by atoms with Gasteiger partial charge in [-0.25, -0.2) is 0 Å². The average Bonchev–Trinajstić information content (AvgIpc) is 2.75. The van der Waals surface area contributed by atoms with Gasteiger partial charge < -0.3 is 15.0 Å². The molecule has 0 saturated heterocycles. The summed E-state index contributed by atoms with van der Waals surface area (Å²) in [4.78, 5) is 27.3. The highest BCUT2D eigenvalue weighted by atomic mass is 35.5. The van der Waals surface area contributed by atoms with Crippen molar-refractivity contribution in [3.05, 3.63) is 64.7 Å². The number of nitrogens with one attached hydrogen (secondary N) is 1. The summed E-state index contributed by atoms with van der Waals surface area (Å²) in [6.45, 7) is 9.24. The Morgan fingerprint density at radius 2 is 1.68 bits per heavy atom. The summed E-state index contributed by atoms with van der Waals surface area (Å²) in [7, 11) is 0. The quantitative estimate of drug-likeness (QED) is 0.496. The lowest BCUT2D eigenvalue weighted by Gasteiger charge is -2.29. The van der Waals surface area contributed by atoms with Crippen LogP contribution in [0.2, 0.25) is 5.02 Å². The second-order valence-corrected chi connectivity index (χ2v) is 8.66. The minimum Gasteiger partial charge on any atom is -0.494 e. The molecule has 1 N–H and O–H groups in total. The van der Waals surface area contributed by atoms with Crippen molar-refractivity contribution >= 4 is 23.4 Å². The van der Waals surface area contributed by atoms with Crippen molar-refractivity contribution in [2.24, 2.45) is 5.92 Å². The van der Waals surface area contributed by atoms with Gasteiger partial charge >= 0.3 is 0 Å². The summed E-state index contributed by atoms with van der Waals surface area (Å²) in [5, 5.41) is 3.56. The highest BCUT2D eigenvalue weighted by Gasteiger charge is 2.25. The van der Waals surface area contributed by atoms with Crippen molar-refractivity contribution in [1.82, 2.24) is 10.2 Å². The topological polar surface area (TPSA) is 58.6 Å². The summed E-state index contributed by atoms with van der Waals surface area (Å²) >= 11 is 5.98. The van der Waals surface area contributed by atoms with Gasteiger partial charge in [0.05, 0.1) is 6.61 Å². The molecule has 0 fully saturated rings. The van der Waals surface area contributed by atoms with Crippen LogP contribution in [0.15, 0.2) is 48.5 Å². The Morgan fingerprint density at radius 3 is 2.29 bits per heavy atom. The normalized spacial score (nSPS) is 11.8. The van der Waals surface area contributed by atoms with E-state index in [9.17, 15) is 9.59 Å². The lowest BCUT2D eigenvalue weighted by atomic mass is 10.1. The Labute approximate surface area is 190 Å². The van der Waals surface area contributed by atoms with Gasteiger partial charge in [-0.15, -0.1) is 0 Å². The highest BCUT2D eigenvalue weighted by molar-refractivity contribution is 6.30. The number of carbonyl (C=O) groups excluding carboxylic acids is 2. The number of carbonyl (C=O) groups is 2. The zero-order chi connectivity index (χ0) is 22.8. The predicted octanol–water partition coefficient (Wildman–Crippen LogP) is 5.00. The number of rotatable bonds is 11. The van der Waals surface area contributed by atoms with E-state index >= 15 is 0 Å². The maximum atomic E-state index is 13.0. The molecule has 0 aliphatic rings. The zero-order valence-electron chi connectivity index (χ0n) is 18.9. The van der Waals surface area contributed by atoms with Gasteiger partial charge in [0.1, 0.15) is 11.8 Å². The van der Waals surface area contributed by atoms with E-state index < -0.39 is 6.04 Å². The van der Waals surface area contributed by atoms with Crippen molar-refractivity contribution in [2.45, 2.75) is 53.1 Å². The van der Waals surface area contributed by atoms with Crippen LogP contribution in [0.4, 0.5) is 0 Å². The van der Waals surface area contributed by atoms with E-state index in [2.05, 4.69) is 5.32 Å². The molecule has 0 aromatic heterocycles. The minimum atomic E-state index is -0.569. The first-order valence-electron chi connectivity index (χ1n) is 10.8. The third-order valence-electron chi connectivity index (χ3n) is 4.94. The zero-order valence-corrected chi connectivity index (χ0v) is 19.6. The van der Waals surface area contributed by atoms with E-state index in [-0.39, 0.29) is 11.8 Å². The molecular weight excluding hydrogens is 412 g/mol. The first-order chi connectivity index (χ1) is 14.8. The molecule has 0 radical (unpaired) electrons. The molecule has 168 valence electrons. The molecule has 2 aromatic carbocycles. The van der Waals surface area contributed by atoms with Gasteiger partial charge in [0.15, 0.2) is 0 Å². The van der Waals surface area contributed by atoms with Crippen molar-refractivity contribution < 1.29 is 14.3 Å². The van der Waals surface area contributed by atoms with E-state index in [0.29, 0.717) is 43.5 Å². The maximum Gasteiger partial charge on any atom is 0.242 e. The molecule has 1 atom stereocenters. The van der Waals surface area contributed by atoms with Crippen LogP contribution in [-0.4, -0.2) is 35.9 Å². The molecule has 1 unspecified atom stereocenters. The Kier molecular flexibility index (Phi) is 9.86. The van der Waals surface area contributed by atoms with E-state index in [0.717, 1.165) is 11.3 Å². The molecule has 2 amide bonds. The van der Waals surface area contributed by atoms with Crippen LogP contribution in [0, 0.1) is 12.8 Å². The van der Waals surface area contributed by atoms with Gasteiger partial charge in [-0.05, 0) is 56.0 Å². The largest absolute Gasteiger partial charge is 0.494 e. The summed E-state index contributed by atoms with van der Waals surface area (Å²) in [6.07, 6.45) is 0.880. The first-order valence-corrected chi connectivity index (χ1v) is 11.1. The number of halogens is 1. The standard InChI is InChI=1S/C25H33ClN2O3/c1-18(2)16-27-25(30)20(4)28(17-21-9-11-22(26)12-10-21)24(29)6-5-15-31-23-13-7-19(3)8-14-23/h7-14,18,20H,5-6,15-17H2,1-4H3,(H,27,30). The number of hydrogen-bond donors (Lipinski definition) is 1. The summed E-state index contributed by atoms with van der Waals surface area (Å²) in [5.74, 6) is 0.912. The van der Waals surface area contributed by atoms with Crippen LogP contribution in [0.1, 0.15) is 44.7 Å². The molecule has 0 bridgehead atoms. The molecule has 0 aliphatic heterocycles. The van der Waals surface area contributed by atoms with Gasteiger partial charge in [-0.1, -0.05) is 55.3 Å². The fourth-order valence-corrected chi connectivity index (χ4v) is 3.14. The van der Waals surface area contributed by atoms with Crippen molar-refractivity contribution in [2.75, 3.05) is 13.2 Å². The van der Waals surface area contributed by atoms with E-state index in [1.165, 1.54) is 5.56 Å². The lowest BCUT2D eigenvalue weighted by molar-refractivity contribution is -0.140. The third-order valence-corrected chi connectivity index (χ3v) is 5.19. The third kappa shape index (κ3) is 8.62. The minimum absolute atomic E-state index is 0.0744. The SMILES string of the molecule is Cc1ccc(OCCCC(=O)N(Cc2ccc(Cl)cc2)C(C)C(=O)NCC(C)C)cc1. The van der Waals surface area contributed by atoms with Crippen LogP contribution in [0.3, 0.4) is 0 Å². The highest BCUT2D eigenvalue weighted by Crippen LogP contribution is 2.16. The molecule has 0 spiro atoms.